The summed E-state index contributed by atoms with van der Waals surface area (Å²) < 4.78 is 0. The van der Waals surface area contributed by atoms with E-state index in [0.29, 0.717) is 6.42 Å². The predicted octanol–water partition coefficient (Wildman–Crippen LogP) is 2.91. The van der Waals surface area contributed by atoms with Crippen molar-refractivity contribution in [2.75, 3.05) is 0 Å². The Hall–Kier alpha value is 0.187. The molecule has 0 fully saturated rings. The molecule has 0 aromatic carbocycles. The monoisotopic (exact) mass is 422 g/mol. The third kappa shape index (κ3) is 38.6. The zero-order chi connectivity index (χ0) is 12.1. The van der Waals surface area contributed by atoms with Crippen LogP contribution in [0.2, 0.25) is 0 Å². The molecule has 0 bridgehead atoms. The molecule has 0 aliphatic heterocycles. The zero-order valence-corrected chi connectivity index (χ0v) is 13.8. The van der Waals surface area contributed by atoms with E-state index in [-0.39, 0.29) is 45.4 Å². The fourth-order valence-corrected chi connectivity index (χ4v) is 0.880. The molecule has 0 unspecified atom stereocenters. The minimum absolute atomic E-state index is 0. The largest absolute Gasteiger partial charge is 0.481 e. The molecule has 0 radical (unpaired) electrons. The first-order valence-corrected chi connectivity index (χ1v) is 5.48. The quantitative estimate of drug-likeness (QED) is 0.491. The second kappa shape index (κ2) is 21.5. The molecule has 0 aliphatic rings. The molecule has 4 nitrogen and oxygen atoms in total. The van der Waals surface area contributed by atoms with Gasteiger partial charge in [-0.1, -0.05) is 39.5 Å². The van der Waals surface area contributed by atoms with E-state index in [4.69, 9.17) is 10.2 Å². The van der Waals surface area contributed by atoms with E-state index in [1.54, 1.807) is 6.92 Å². The van der Waals surface area contributed by atoms with E-state index in [2.05, 4.69) is 6.92 Å². The molecule has 0 saturated heterocycles. The fourth-order valence-electron chi connectivity index (χ4n) is 0.880. The number of hydrogen-bond acceptors (Lipinski definition) is 2. The van der Waals surface area contributed by atoms with Crippen molar-refractivity contribution < 1.29 is 58.8 Å². The van der Waals surface area contributed by atoms with Gasteiger partial charge >= 0.3 is 11.9 Å². The fraction of sp³-hybridized carbons (Fsp3) is 0.818. The van der Waals surface area contributed by atoms with E-state index in [9.17, 15) is 9.59 Å². The summed E-state index contributed by atoms with van der Waals surface area (Å²) >= 11 is 0. The van der Waals surface area contributed by atoms with Gasteiger partial charge in [-0.05, 0) is 6.42 Å². The third-order valence-corrected chi connectivity index (χ3v) is 1.80. The van der Waals surface area contributed by atoms with Crippen LogP contribution in [-0.4, -0.2) is 22.2 Å². The zero-order valence-electron chi connectivity index (χ0n) is 10.4. The molecular formula is C11H22O4Ru2. The number of hydrogen-bond donors (Lipinski definition) is 2. The Morgan fingerprint density at radius 1 is 0.824 bits per heavy atom. The molecule has 106 valence electrons. The van der Waals surface area contributed by atoms with Crippen molar-refractivity contribution in [3.05, 3.63) is 0 Å². The van der Waals surface area contributed by atoms with Crippen LogP contribution in [0.5, 0.6) is 0 Å². The summed E-state index contributed by atoms with van der Waals surface area (Å²) in [5, 5.41) is 16.0. The maximum atomic E-state index is 10.0. The molecule has 0 atom stereocenters. The average molecular weight is 420 g/mol. The molecule has 0 aromatic rings. The average Bonchev–Trinajstić information content (AvgIpc) is 2.18. The van der Waals surface area contributed by atoms with E-state index < -0.39 is 11.9 Å². The predicted molar refractivity (Wildman–Crippen MR) is 58.9 cm³/mol. The van der Waals surface area contributed by atoms with Gasteiger partial charge in [0.25, 0.3) is 0 Å². The smallest absolute Gasteiger partial charge is 0.303 e. The second-order valence-corrected chi connectivity index (χ2v) is 3.31. The maximum absolute atomic E-state index is 10.0. The van der Waals surface area contributed by atoms with Crippen molar-refractivity contribution >= 4 is 11.9 Å². The van der Waals surface area contributed by atoms with Gasteiger partial charge in [0.15, 0.2) is 0 Å². The van der Waals surface area contributed by atoms with Crippen LogP contribution in [0, 0.1) is 0 Å². The standard InChI is InChI=1S/C8H16O2.C3H6O2.2Ru/c1-2-3-4-5-6-7-8(9)10;1-2-3(4)5;;/h2-7H2,1H3,(H,9,10);2H2,1H3,(H,4,5);;. The first kappa shape index (κ1) is 25.9. The first-order chi connectivity index (χ1) is 7.04. The Morgan fingerprint density at radius 2 is 1.24 bits per heavy atom. The van der Waals surface area contributed by atoms with Crippen LogP contribution in [0.4, 0.5) is 0 Å². The second-order valence-electron chi connectivity index (χ2n) is 3.31. The van der Waals surface area contributed by atoms with Crippen LogP contribution >= 0.6 is 0 Å². The van der Waals surface area contributed by atoms with Crippen molar-refractivity contribution in [2.24, 2.45) is 0 Å². The Kier molecular flexibility index (Phi) is 32.7. The molecule has 0 spiro atoms. The molecule has 0 saturated carbocycles. The molecule has 0 aromatic heterocycles. The summed E-state index contributed by atoms with van der Waals surface area (Å²) in [6.07, 6.45) is 6.11. The molecule has 0 heterocycles. The van der Waals surface area contributed by atoms with Crippen molar-refractivity contribution in [1.82, 2.24) is 0 Å². The van der Waals surface area contributed by atoms with Gasteiger partial charge in [0.2, 0.25) is 0 Å². The van der Waals surface area contributed by atoms with Crippen molar-refractivity contribution in [2.45, 2.75) is 58.8 Å². The van der Waals surface area contributed by atoms with Gasteiger partial charge in [-0.25, -0.2) is 0 Å². The van der Waals surface area contributed by atoms with Gasteiger partial charge in [-0.3, -0.25) is 9.59 Å². The first-order valence-electron chi connectivity index (χ1n) is 5.48. The Balaban J connectivity index is -0.000000105. The molecule has 0 aliphatic carbocycles. The van der Waals surface area contributed by atoms with Crippen LogP contribution < -0.4 is 0 Å². The minimum atomic E-state index is -0.745. The van der Waals surface area contributed by atoms with Gasteiger partial charge < -0.3 is 10.2 Å². The van der Waals surface area contributed by atoms with Gasteiger partial charge in [-0.2, -0.15) is 0 Å². The molecule has 2 N–H and O–H groups in total. The summed E-state index contributed by atoms with van der Waals surface area (Å²) in [6.45, 7) is 3.75. The van der Waals surface area contributed by atoms with Crippen LogP contribution in [-0.2, 0) is 48.5 Å². The van der Waals surface area contributed by atoms with Crippen LogP contribution in [0.1, 0.15) is 58.8 Å². The summed E-state index contributed by atoms with van der Waals surface area (Å²) in [4.78, 5) is 19.4. The summed E-state index contributed by atoms with van der Waals surface area (Å²) in [5.74, 6) is -1.42. The van der Waals surface area contributed by atoms with Gasteiger partial charge in [0.05, 0.1) is 0 Å². The number of aliphatic carboxylic acids is 2. The number of carbonyl (C=O) groups is 2. The van der Waals surface area contributed by atoms with Gasteiger partial charge in [-0.15, -0.1) is 0 Å². The maximum Gasteiger partial charge on any atom is 0.303 e. The topological polar surface area (TPSA) is 74.6 Å². The van der Waals surface area contributed by atoms with Gasteiger partial charge in [0.1, 0.15) is 0 Å². The Bertz CT molecular complexity index is 175. The Labute approximate surface area is 129 Å². The third-order valence-electron chi connectivity index (χ3n) is 1.80. The van der Waals surface area contributed by atoms with E-state index in [1.807, 2.05) is 0 Å². The molecule has 17 heavy (non-hydrogen) atoms. The molecule has 6 heteroatoms. The summed E-state index contributed by atoms with van der Waals surface area (Å²) in [6, 6.07) is 0. The van der Waals surface area contributed by atoms with Gasteiger partial charge in [0, 0.05) is 51.8 Å². The van der Waals surface area contributed by atoms with Crippen molar-refractivity contribution in [3.63, 3.8) is 0 Å². The van der Waals surface area contributed by atoms with Crippen LogP contribution in [0.25, 0.3) is 0 Å². The van der Waals surface area contributed by atoms with E-state index in [1.165, 1.54) is 19.3 Å². The number of unbranched alkanes of at least 4 members (excludes halogenated alkanes) is 4. The SMILES string of the molecule is CCC(=O)O.CCCCCCCC(=O)O.[Ru].[Ru]. The summed E-state index contributed by atoms with van der Waals surface area (Å²) in [5.41, 5.74) is 0. The number of carboxylic acid groups (broad SMARTS) is 2. The summed E-state index contributed by atoms with van der Waals surface area (Å²) in [7, 11) is 0. The Morgan fingerprint density at radius 3 is 1.53 bits per heavy atom. The van der Waals surface area contributed by atoms with Crippen molar-refractivity contribution in [3.8, 4) is 0 Å². The number of carboxylic acids is 2. The normalized spacial score (nSPS) is 7.88. The van der Waals surface area contributed by atoms with E-state index >= 15 is 0 Å². The van der Waals surface area contributed by atoms with Crippen LogP contribution in [0.15, 0.2) is 0 Å². The van der Waals surface area contributed by atoms with Crippen molar-refractivity contribution in [1.29, 1.82) is 0 Å². The minimum Gasteiger partial charge on any atom is -0.481 e. The molecule has 0 rings (SSSR count). The molecule has 0 amide bonds. The number of rotatable bonds is 7. The van der Waals surface area contributed by atoms with Crippen LogP contribution in [0.3, 0.4) is 0 Å². The molecular weight excluding hydrogens is 398 g/mol. The van der Waals surface area contributed by atoms with E-state index in [0.717, 1.165) is 12.8 Å².